The fourth-order valence-corrected chi connectivity index (χ4v) is 0.478. The summed E-state index contributed by atoms with van der Waals surface area (Å²) in [5, 5.41) is 7.31. The van der Waals surface area contributed by atoms with Crippen molar-refractivity contribution in [2.45, 2.75) is 11.8 Å². The number of hydrogen-bond acceptors (Lipinski definition) is 2. The van der Waals surface area contributed by atoms with Crippen LogP contribution >= 0.6 is 11.6 Å². The van der Waals surface area contributed by atoms with E-state index in [9.17, 15) is 4.79 Å². The molecule has 3 nitrogen and oxygen atoms in total. The highest BCUT2D eigenvalue weighted by atomic mass is 35.5. The third-order valence-electron chi connectivity index (χ3n) is 0.923. The van der Waals surface area contributed by atoms with E-state index in [0.29, 0.717) is 13.0 Å². The fourth-order valence-electron chi connectivity index (χ4n) is 0.389. The highest BCUT2D eigenvalue weighted by molar-refractivity contribution is 6.29. The van der Waals surface area contributed by atoms with E-state index in [1.54, 1.807) is 0 Å². The third-order valence-corrected chi connectivity index (χ3v) is 1.24. The van der Waals surface area contributed by atoms with E-state index >= 15 is 0 Å². The van der Waals surface area contributed by atoms with Crippen LogP contribution in [0.4, 0.5) is 0 Å². The van der Waals surface area contributed by atoms with Crippen molar-refractivity contribution >= 4 is 17.6 Å². The van der Waals surface area contributed by atoms with Crippen molar-refractivity contribution in [2.24, 2.45) is 0 Å². The fraction of sp³-hybridized carbons (Fsp3) is 0.571. The Morgan fingerprint density at radius 1 is 1.82 bits per heavy atom. The van der Waals surface area contributed by atoms with Crippen molar-refractivity contribution in [3.05, 3.63) is 0 Å². The van der Waals surface area contributed by atoms with Gasteiger partial charge >= 0.3 is 5.97 Å². The van der Waals surface area contributed by atoms with Crippen molar-refractivity contribution in [3.63, 3.8) is 0 Å². The van der Waals surface area contributed by atoms with Gasteiger partial charge in [0.2, 0.25) is 0 Å². The van der Waals surface area contributed by atoms with Gasteiger partial charge in [0.25, 0.3) is 0 Å². The van der Waals surface area contributed by atoms with Gasteiger partial charge in [-0.2, -0.15) is 0 Å². The topological polar surface area (TPSA) is 46.5 Å². The van der Waals surface area contributed by atoms with Gasteiger partial charge in [0.05, 0.1) is 13.2 Å². The van der Waals surface area contributed by atoms with Crippen molar-refractivity contribution in [1.82, 2.24) is 0 Å². The van der Waals surface area contributed by atoms with Crippen LogP contribution in [0.15, 0.2) is 0 Å². The molecule has 4 heteroatoms. The van der Waals surface area contributed by atoms with Crippen LogP contribution in [0.3, 0.4) is 0 Å². The maximum absolute atomic E-state index is 10.1. The third kappa shape index (κ3) is 5.71. The van der Waals surface area contributed by atoms with E-state index < -0.39 is 11.3 Å². The summed E-state index contributed by atoms with van der Waals surface area (Å²) in [5.41, 5.74) is 0. The van der Waals surface area contributed by atoms with Gasteiger partial charge in [0.1, 0.15) is 0 Å². The minimum atomic E-state index is -1.08. The molecule has 0 amide bonds. The Hall–Kier alpha value is -0.720. The van der Waals surface area contributed by atoms with Crippen molar-refractivity contribution in [2.75, 3.05) is 13.2 Å². The van der Waals surface area contributed by atoms with Crippen LogP contribution in [0.25, 0.3) is 0 Å². The Bertz CT molecular complexity index is 162. The molecule has 0 aromatic rings. The van der Waals surface area contributed by atoms with E-state index in [1.807, 2.05) is 0 Å². The molecule has 62 valence electrons. The van der Waals surface area contributed by atoms with Crippen LogP contribution in [-0.4, -0.2) is 29.7 Å². The van der Waals surface area contributed by atoms with Crippen LogP contribution in [0.1, 0.15) is 6.42 Å². The molecule has 0 saturated heterocycles. The van der Waals surface area contributed by atoms with Crippen molar-refractivity contribution < 1.29 is 14.6 Å². The molecule has 0 radical (unpaired) electrons. The van der Waals surface area contributed by atoms with Gasteiger partial charge < -0.3 is 9.84 Å². The van der Waals surface area contributed by atoms with E-state index in [0.717, 1.165) is 0 Å². The number of hydrogen-bond donors (Lipinski definition) is 1. The molecule has 0 aliphatic carbocycles. The number of carboxylic acids is 1. The van der Waals surface area contributed by atoms with Crippen molar-refractivity contribution in [1.29, 1.82) is 0 Å². The summed E-state index contributed by atoms with van der Waals surface area (Å²) in [6.07, 6.45) is 5.40. The number of halogens is 1. The molecule has 0 fully saturated rings. The van der Waals surface area contributed by atoms with Crippen LogP contribution < -0.4 is 0 Å². The molecular formula is C7H9ClO3. The number of alkyl halides is 1. The summed E-state index contributed by atoms with van der Waals surface area (Å²) in [6, 6.07) is 0. The van der Waals surface area contributed by atoms with Crippen LogP contribution in [0.2, 0.25) is 0 Å². The molecule has 0 aromatic carbocycles. The molecule has 1 N–H and O–H groups in total. The van der Waals surface area contributed by atoms with Gasteiger partial charge in [-0.25, -0.2) is 0 Å². The first kappa shape index (κ1) is 10.3. The summed E-state index contributed by atoms with van der Waals surface area (Å²) in [6.45, 7) is 0.353. The molecule has 0 aromatic heterocycles. The smallest absolute Gasteiger partial charge is 0.324 e. The maximum atomic E-state index is 10.1. The first-order chi connectivity index (χ1) is 5.18. The van der Waals surface area contributed by atoms with Gasteiger partial charge in [-0.1, -0.05) is 0 Å². The first-order valence-electron chi connectivity index (χ1n) is 3.06. The van der Waals surface area contributed by atoms with Gasteiger partial charge in [0.15, 0.2) is 5.38 Å². The second-order valence-electron chi connectivity index (χ2n) is 1.83. The van der Waals surface area contributed by atoms with Gasteiger partial charge in [-0.15, -0.1) is 23.9 Å². The minimum absolute atomic E-state index is 0.00142. The predicted octanol–water partition coefficient (Wildman–Crippen LogP) is 0.718. The lowest BCUT2D eigenvalue weighted by molar-refractivity contribution is -0.137. The molecule has 0 rings (SSSR count). The Morgan fingerprint density at radius 2 is 2.45 bits per heavy atom. The number of aliphatic carboxylic acids is 1. The minimum Gasteiger partial charge on any atom is -0.480 e. The van der Waals surface area contributed by atoms with Crippen LogP contribution in [0, 0.1) is 12.3 Å². The number of carboxylic acid groups (broad SMARTS) is 1. The predicted molar refractivity (Wildman–Crippen MR) is 41.5 cm³/mol. The number of carbonyl (C=O) groups is 1. The molecule has 0 saturated carbocycles. The lowest BCUT2D eigenvalue weighted by Gasteiger charge is -2.03. The van der Waals surface area contributed by atoms with Crippen LogP contribution in [-0.2, 0) is 9.53 Å². The molecule has 0 bridgehead atoms. The average molecular weight is 177 g/mol. The van der Waals surface area contributed by atoms with Crippen LogP contribution in [0.5, 0.6) is 0 Å². The Labute approximate surface area is 70.3 Å². The normalized spacial score (nSPS) is 12.0. The molecule has 0 spiro atoms. The van der Waals surface area contributed by atoms with Gasteiger partial charge in [-0.05, 0) is 0 Å². The zero-order valence-electron chi connectivity index (χ0n) is 5.92. The monoisotopic (exact) mass is 176 g/mol. The Morgan fingerprint density at radius 3 is 2.91 bits per heavy atom. The number of rotatable bonds is 5. The summed E-state index contributed by atoms with van der Waals surface area (Å²) in [5.74, 6) is 1.28. The molecule has 1 unspecified atom stereocenters. The van der Waals surface area contributed by atoms with Gasteiger partial charge in [0, 0.05) is 6.42 Å². The summed E-state index contributed by atoms with van der Waals surface area (Å²) in [4.78, 5) is 10.1. The standard InChI is InChI=1S/C7H9ClO3/c1-2-3-4-11-5-6(8)7(9)10/h1,6H,3-5H2,(H,9,10). The molecule has 0 heterocycles. The molecule has 0 aliphatic heterocycles. The zero-order valence-corrected chi connectivity index (χ0v) is 6.67. The maximum Gasteiger partial charge on any atom is 0.324 e. The summed E-state index contributed by atoms with van der Waals surface area (Å²) in [7, 11) is 0. The summed E-state index contributed by atoms with van der Waals surface area (Å²) < 4.78 is 4.84. The highest BCUT2D eigenvalue weighted by Crippen LogP contribution is 1.96. The van der Waals surface area contributed by atoms with E-state index in [2.05, 4.69) is 5.92 Å². The first-order valence-corrected chi connectivity index (χ1v) is 3.50. The van der Waals surface area contributed by atoms with Gasteiger partial charge in [-0.3, -0.25) is 4.79 Å². The highest BCUT2D eigenvalue weighted by Gasteiger charge is 2.12. The average Bonchev–Trinajstić information content (AvgIpc) is 1.97. The zero-order chi connectivity index (χ0) is 8.69. The van der Waals surface area contributed by atoms with E-state index in [-0.39, 0.29) is 6.61 Å². The lowest BCUT2D eigenvalue weighted by Crippen LogP contribution is -2.19. The Kier molecular flexibility index (Phi) is 5.63. The SMILES string of the molecule is C#CCCOCC(Cl)C(=O)O. The molecule has 1 atom stereocenters. The quantitative estimate of drug-likeness (QED) is 0.382. The molecular weight excluding hydrogens is 168 g/mol. The molecule has 0 aliphatic rings. The van der Waals surface area contributed by atoms with E-state index in [1.165, 1.54) is 0 Å². The molecule has 11 heavy (non-hydrogen) atoms. The second-order valence-corrected chi connectivity index (χ2v) is 2.36. The van der Waals surface area contributed by atoms with Crippen molar-refractivity contribution in [3.8, 4) is 12.3 Å². The van der Waals surface area contributed by atoms with E-state index in [4.69, 9.17) is 27.9 Å². The Balaban J connectivity index is 3.26. The lowest BCUT2D eigenvalue weighted by atomic mass is 10.4. The number of terminal acetylenes is 1. The number of ether oxygens (including phenoxy) is 1. The largest absolute Gasteiger partial charge is 0.480 e. The summed E-state index contributed by atoms with van der Waals surface area (Å²) >= 11 is 5.32. The second kappa shape index (κ2) is 6.02.